The monoisotopic (exact) mass is 224 g/mol. The largest absolute Gasteiger partial charge is 0.514 e. The lowest BCUT2D eigenvalue weighted by molar-refractivity contribution is 0.0893. The maximum atomic E-state index is 11.0. The molecule has 0 aliphatic heterocycles. The van der Waals surface area contributed by atoms with Gasteiger partial charge >= 0.3 is 6.16 Å². The van der Waals surface area contributed by atoms with Gasteiger partial charge in [-0.25, -0.2) is 4.79 Å². The van der Waals surface area contributed by atoms with Gasteiger partial charge < -0.3 is 9.47 Å². The summed E-state index contributed by atoms with van der Waals surface area (Å²) in [6.07, 6.45) is 8.87. The molecule has 0 bridgehead atoms. The first-order chi connectivity index (χ1) is 7.70. The van der Waals surface area contributed by atoms with Gasteiger partial charge in [0.15, 0.2) is 0 Å². The molecule has 0 aliphatic carbocycles. The molecule has 0 amide bonds. The van der Waals surface area contributed by atoms with E-state index in [2.05, 4.69) is 24.8 Å². The van der Waals surface area contributed by atoms with Gasteiger partial charge in [-0.05, 0) is 18.9 Å². The van der Waals surface area contributed by atoms with Crippen molar-refractivity contribution >= 4 is 6.16 Å². The summed E-state index contributed by atoms with van der Waals surface area (Å²) < 4.78 is 9.40. The second-order valence-corrected chi connectivity index (χ2v) is 3.32. The predicted molar refractivity (Wildman–Crippen MR) is 65.1 cm³/mol. The van der Waals surface area contributed by atoms with Gasteiger partial charge in [-0.15, -0.1) is 0 Å². The summed E-state index contributed by atoms with van der Waals surface area (Å²) >= 11 is 0. The Morgan fingerprint density at radius 1 is 1.38 bits per heavy atom. The highest BCUT2D eigenvalue weighted by Gasteiger charge is 2.02. The number of allylic oxidation sites excluding steroid dienone is 2. The van der Waals surface area contributed by atoms with Gasteiger partial charge in [-0.1, -0.05) is 45.1 Å². The molecule has 0 fully saturated rings. The molecule has 0 aromatic heterocycles. The van der Waals surface area contributed by atoms with Crippen LogP contribution in [0, 0.1) is 0 Å². The van der Waals surface area contributed by atoms with E-state index in [1.54, 1.807) is 6.08 Å². The van der Waals surface area contributed by atoms with Crippen molar-refractivity contribution in [3.05, 3.63) is 37.1 Å². The van der Waals surface area contributed by atoms with Crippen LogP contribution < -0.4 is 0 Å². The third-order valence-electron chi connectivity index (χ3n) is 1.81. The lowest BCUT2D eigenvalue weighted by Crippen LogP contribution is -2.05. The lowest BCUT2D eigenvalue weighted by Gasteiger charge is -2.02. The Bertz CT molecular complexity index is 254. The zero-order chi connectivity index (χ0) is 12.2. The topological polar surface area (TPSA) is 35.5 Å². The van der Waals surface area contributed by atoms with Gasteiger partial charge in [0.05, 0.1) is 0 Å². The molecule has 3 nitrogen and oxygen atoms in total. The molecule has 16 heavy (non-hydrogen) atoms. The molecule has 0 atom stereocenters. The first kappa shape index (κ1) is 14.5. The van der Waals surface area contributed by atoms with Gasteiger partial charge in [0.2, 0.25) is 0 Å². The SMILES string of the molecule is C=CCOC(=O)OC(=C)/C=C/CCCCC. The van der Waals surface area contributed by atoms with Crippen LogP contribution in [0.25, 0.3) is 0 Å². The van der Waals surface area contributed by atoms with Crippen LogP contribution in [0.1, 0.15) is 32.6 Å². The smallest absolute Gasteiger partial charge is 0.430 e. The molecule has 90 valence electrons. The van der Waals surface area contributed by atoms with E-state index in [0.29, 0.717) is 5.76 Å². The van der Waals surface area contributed by atoms with Crippen molar-refractivity contribution < 1.29 is 14.3 Å². The number of rotatable bonds is 8. The van der Waals surface area contributed by atoms with E-state index in [-0.39, 0.29) is 6.61 Å². The molecule has 0 spiro atoms. The maximum absolute atomic E-state index is 11.0. The molecule has 0 saturated carbocycles. The Balaban J connectivity index is 3.63. The minimum absolute atomic E-state index is 0.145. The Labute approximate surface area is 97.4 Å². The highest BCUT2D eigenvalue weighted by atomic mass is 16.7. The highest BCUT2D eigenvalue weighted by molar-refractivity contribution is 5.61. The third kappa shape index (κ3) is 9.06. The van der Waals surface area contributed by atoms with Gasteiger partial charge in [0, 0.05) is 0 Å². The first-order valence-corrected chi connectivity index (χ1v) is 5.51. The van der Waals surface area contributed by atoms with E-state index < -0.39 is 6.16 Å². The van der Waals surface area contributed by atoms with Crippen LogP contribution in [0.3, 0.4) is 0 Å². The van der Waals surface area contributed by atoms with Crippen LogP contribution in [-0.2, 0) is 9.47 Å². The molecule has 0 aliphatic rings. The molecule has 0 radical (unpaired) electrons. The van der Waals surface area contributed by atoms with E-state index in [9.17, 15) is 4.79 Å². The summed E-state index contributed by atoms with van der Waals surface area (Å²) in [5, 5.41) is 0. The highest BCUT2D eigenvalue weighted by Crippen LogP contribution is 2.03. The Hall–Kier alpha value is -1.51. The summed E-state index contributed by atoms with van der Waals surface area (Å²) in [7, 11) is 0. The van der Waals surface area contributed by atoms with E-state index in [0.717, 1.165) is 12.8 Å². The molecular weight excluding hydrogens is 204 g/mol. The number of carbonyl (C=O) groups excluding carboxylic acids is 1. The van der Waals surface area contributed by atoms with Gasteiger partial charge in [-0.3, -0.25) is 0 Å². The summed E-state index contributed by atoms with van der Waals surface area (Å²) in [6, 6.07) is 0. The Morgan fingerprint density at radius 2 is 2.12 bits per heavy atom. The van der Waals surface area contributed by atoms with Crippen molar-refractivity contribution in [1.82, 2.24) is 0 Å². The summed E-state index contributed by atoms with van der Waals surface area (Å²) in [4.78, 5) is 11.0. The molecule has 0 unspecified atom stereocenters. The fourth-order valence-electron chi connectivity index (χ4n) is 1.02. The van der Waals surface area contributed by atoms with Crippen LogP contribution in [0.2, 0.25) is 0 Å². The van der Waals surface area contributed by atoms with Gasteiger partial charge in [0.25, 0.3) is 0 Å². The van der Waals surface area contributed by atoms with Crippen molar-refractivity contribution in [2.45, 2.75) is 32.6 Å². The quantitative estimate of drug-likeness (QED) is 0.206. The zero-order valence-corrected chi connectivity index (χ0v) is 9.91. The number of ether oxygens (including phenoxy) is 2. The van der Waals surface area contributed by atoms with Crippen molar-refractivity contribution in [3.63, 3.8) is 0 Å². The Morgan fingerprint density at radius 3 is 2.75 bits per heavy atom. The van der Waals surface area contributed by atoms with Crippen molar-refractivity contribution in [3.8, 4) is 0 Å². The lowest BCUT2D eigenvalue weighted by atomic mass is 10.2. The molecule has 0 heterocycles. The molecular formula is C13H20O3. The molecule has 3 heteroatoms. The molecule has 0 rings (SSSR count). The second-order valence-electron chi connectivity index (χ2n) is 3.32. The van der Waals surface area contributed by atoms with E-state index >= 15 is 0 Å². The zero-order valence-electron chi connectivity index (χ0n) is 9.91. The summed E-state index contributed by atoms with van der Waals surface area (Å²) in [5.41, 5.74) is 0. The van der Waals surface area contributed by atoms with E-state index in [1.807, 2.05) is 6.08 Å². The number of hydrogen-bond donors (Lipinski definition) is 0. The normalized spacial score (nSPS) is 10.1. The van der Waals surface area contributed by atoms with Gasteiger partial charge in [-0.2, -0.15) is 0 Å². The average Bonchev–Trinajstić information content (AvgIpc) is 2.26. The standard InChI is InChI=1S/C13H20O3/c1-4-6-7-8-9-10-12(3)16-13(14)15-11-5-2/h5,9-10H,2-4,6-8,11H2,1H3/b10-9+. The third-order valence-corrected chi connectivity index (χ3v) is 1.81. The van der Waals surface area contributed by atoms with Crippen LogP contribution in [0.15, 0.2) is 37.1 Å². The minimum Gasteiger partial charge on any atom is -0.430 e. The van der Waals surface area contributed by atoms with Crippen LogP contribution in [0.5, 0.6) is 0 Å². The van der Waals surface area contributed by atoms with Crippen LogP contribution in [0.4, 0.5) is 4.79 Å². The molecule has 0 saturated heterocycles. The molecule has 0 N–H and O–H groups in total. The maximum Gasteiger partial charge on any atom is 0.514 e. The van der Waals surface area contributed by atoms with Crippen molar-refractivity contribution in [2.24, 2.45) is 0 Å². The second kappa shape index (κ2) is 10.0. The van der Waals surface area contributed by atoms with E-state index in [1.165, 1.54) is 18.9 Å². The number of carbonyl (C=O) groups is 1. The minimum atomic E-state index is -0.747. The molecule has 0 aromatic rings. The van der Waals surface area contributed by atoms with E-state index in [4.69, 9.17) is 4.74 Å². The predicted octanol–water partition coefficient (Wildman–Crippen LogP) is 3.98. The average molecular weight is 224 g/mol. The summed E-state index contributed by atoms with van der Waals surface area (Å²) in [5.74, 6) is 0.297. The summed E-state index contributed by atoms with van der Waals surface area (Å²) in [6.45, 7) is 9.30. The number of unbranched alkanes of at least 4 members (excludes halogenated alkanes) is 3. The van der Waals surface area contributed by atoms with Gasteiger partial charge in [0.1, 0.15) is 12.4 Å². The molecule has 0 aromatic carbocycles. The fraction of sp³-hybridized carbons (Fsp3) is 0.462. The Kier molecular flexibility index (Phi) is 9.08. The fourth-order valence-corrected chi connectivity index (χ4v) is 1.02. The van der Waals surface area contributed by atoms with Crippen LogP contribution >= 0.6 is 0 Å². The van der Waals surface area contributed by atoms with Crippen LogP contribution in [-0.4, -0.2) is 12.8 Å². The number of hydrogen-bond acceptors (Lipinski definition) is 3. The van der Waals surface area contributed by atoms with Crippen molar-refractivity contribution in [2.75, 3.05) is 6.61 Å². The first-order valence-electron chi connectivity index (χ1n) is 5.51. The van der Waals surface area contributed by atoms with Crippen molar-refractivity contribution in [1.29, 1.82) is 0 Å².